The highest BCUT2D eigenvalue weighted by Gasteiger charge is 2.43. The van der Waals surface area contributed by atoms with Crippen molar-refractivity contribution in [3.8, 4) is 6.07 Å². The number of hydrogen-bond acceptors (Lipinski definition) is 4. The first kappa shape index (κ1) is 17.7. The van der Waals surface area contributed by atoms with Crippen molar-refractivity contribution >= 4 is 27.3 Å². The van der Waals surface area contributed by atoms with E-state index < -0.39 is 21.1 Å². The maximum absolute atomic E-state index is 13.0. The lowest BCUT2D eigenvalue weighted by atomic mass is 10.0. The van der Waals surface area contributed by atoms with E-state index in [1.165, 1.54) is 0 Å². The second-order valence-corrected chi connectivity index (χ2v) is 8.88. The van der Waals surface area contributed by atoms with Crippen LogP contribution >= 0.6 is 11.6 Å². The van der Waals surface area contributed by atoms with E-state index in [4.69, 9.17) is 11.6 Å². The van der Waals surface area contributed by atoms with Crippen molar-refractivity contribution < 1.29 is 8.42 Å². The summed E-state index contributed by atoms with van der Waals surface area (Å²) >= 11 is 5.95. The van der Waals surface area contributed by atoms with Crippen LogP contribution in [0.15, 0.2) is 71.8 Å². The van der Waals surface area contributed by atoms with Gasteiger partial charge in [0.2, 0.25) is 9.84 Å². The number of aromatic nitrogens is 1. The van der Waals surface area contributed by atoms with Gasteiger partial charge in [0.25, 0.3) is 0 Å². The predicted octanol–water partition coefficient (Wildman–Crippen LogP) is 4.02. The molecule has 3 aromatic rings. The fraction of sp³-hybridized carbons (Fsp3) is 0.150. The molecule has 2 atom stereocenters. The molecule has 0 saturated heterocycles. The van der Waals surface area contributed by atoms with E-state index in [0.717, 1.165) is 5.56 Å². The van der Waals surface area contributed by atoms with Gasteiger partial charge < -0.3 is 9.88 Å². The van der Waals surface area contributed by atoms with Crippen LogP contribution in [-0.2, 0) is 16.4 Å². The van der Waals surface area contributed by atoms with E-state index in [1.54, 1.807) is 36.5 Å². The SMILES string of the molecule is N#CC1C(c2ccc(Cl)cc2)Nc2c(ccn2Cc2ccccc2)S1(=O)=O. The molecule has 7 heteroatoms. The Morgan fingerprint density at radius 3 is 2.44 bits per heavy atom. The zero-order chi connectivity index (χ0) is 19.0. The molecule has 0 radical (unpaired) electrons. The molecular formula is C20H16ClN3O2S. The summed E-state index contributed by atoms with van der Waals surface area (Å²) in [6, 6.07) is 19.5. The molecule has 136 valence electrons. The maximum Gasteiger partial charge on any atom is 0.200 e. The first-order valence-corrected chi connectivity index (χ1v) is 10.3. The zero-order valence-corrected chi connectivity index (χ0v) is 15.8. The largest absolute Gasteiger partial charge is 0.361 e. The van der Waals surface area contributed by atoms with Gasteiger partial charge in [-0.25, -0.2) is 8.42 Å². The molecule has 0 aliphatic carbocycles. The van der Waals surface area contributed by atoms with Gasteiger partial charge in [-0.1, -0.05) is 54.1 Å². The molecule has 1 aliphatic rings. The van der Waals surface area contributed by atoms with Gasteiger partial charge in [-0.3, -0.25) is 0 Å². The van der Waals surface area contributed by atoms with Gasteiger partial charge in [-0.15, -0.1) is 0 Å². The fourth-order valence-corrected chi connectivity index (χ4v) is 5.18. The fourth-order valence-electron chi connectivity index (χ4n) is 3.36. The highest BCUT2D eigenvalue weighted by molar-refractivity contribution is 7.92. The quantitative estimate of drug-likeness (QED) is 0.724. The van der Waals surface area contributed by atoms with Crippen molar-refractivity contribution in [1.82, 2.24) is 4.57 Å². The van der Waals surface area contributed by atoms with Gasteiger partial charge in [0.15, 0.2) is 5.25 Å². The third kappa shape index (κ3) is 3.09. The van der Waals surface area contributed by atoms with Crippen molar-refractivity contribution in [2.45, 2.75) is 22.7 Å². The minimum atomic E-state index is -3.79. The Morgan fingerprint density at radius 2 is 1.78 bits per heavy atom. The Hall–Kier alpha value is -2.75. The van der Waals surface area contributed by atoms with Crippen molar-refractivity contribution in [2.75, 3.05) is 5.32 Å². The van der Waals surface area contributed by atoms with Crippen molar-refractivity contribution in [3.63, 3.8) is 0 Å². The Balaban J connectivity index is 1.79. The number of rotatable bonds is 3. The summed E-state index contributed by atoms with van der Waals surface area (Å²) in [6.07, 6.45) is 1.74. The van der Waals surface area contributed by atoms with Gasteiger partial charge in [0.05, 0.1) is 12.1 Å². The molecule has 1 N–H and O–H groups in total. The molecule has 0 amide bonds. The van der Waals surface area contributed by atoms with Gasteiger partial charge >= 0.3 is 0 Å². The van der Waals surface area contributed by atoms with Crippen LogP contribution in [0.3, 0.4) is 0 Å². The molecule has 2 aromatic carbocycles. The van der Waals surface area contributed by atoms with Crippen LogP contribution in [-0.4, -0.2) is 18.2 Å². The number of nitrogens with one attached hydrogen (secondary N) is 1. The van der Waals surface area contributed by atoms with Crippen LogP contribution in [0.1, 0.15) is 17.2 Å². The Labute approximate surface area is 162 Å². The molecule has 0 bridgehead atoms. The lowest BCUT2D eigenvalue weighted by Crippen LogP contribution is -2.37. The van der Waals surface area contributed by atoms with Crippen molar-refractivity contribution in [3.05, 3.63) is 83.0 Å². The second kappa shape index (κ2) is 6.76. The molecule has 27 heavy (non-hydrogen) atoms. The molecule has 2 unspecified atom stereocenters. The summed E-state index contributed by atoms with van der Waals surface area (Å²) in [6.45, 7) is 0.531. The first-order valence-electron chi connectivity index (χ1n) is 8.39. The standard InChI is InChI=1S/C20H16ClN3O2S/c21-16-8-6-15(7-9-16)19-18(12-22)27(25,26)17-10-11-24(20(17)23-19)13-14-4-2-1-3-5-14/h1-11,18-19,23H,13H2. The summed E-state index contributed by atoms with van der Waals surface area (Å²) < 4.78 is 28.0. The topological polar surface area (TPSA) is 74.9 Å². The number of sulfone groups is 1. The number of hydrogen-bond donors (Lipinski definition) is 1. The van der Waals surface area contributed by atoms with E-state index in [9.17, 15) is 13.7 Å². The van der Waals surface area contributed by atoms with Crippen LogP contribution in [0.5, 0.6) is 0 Å². The predicted molar refractivity (Wildman–Crippen MR) is 104 cm³/mol. The minimum Gasteiger partial charge on any atom is -0.361 e. The summed E-state index contributed by atoms with van der Waals surface area (Å²) in [5, 5.41) is 12.2. The van der Waals surface area contributed by atoms with Crippen molar-refractivity contribution in [1.29, 1.82) is 5.26 Å². The molecule has 0 fully saturated rings. The average molecular weight is 398 g/mol. The zero-order valence-electron chi connectivity index (χ0n) is 14.2. The monoisotopic (exact) mass is 397 g/mol. The van der Waals surface area contributed by atoms with E-state index in [2.05, 4.69) is 5.32 Å². The third-order valence-corrected chi connectivity index (χ3v) is 6.96. The lowest BCUT2D eigenvalue weighted by Gasteiger charge is -2.30. The first-order chi connectivity index (χ1) is 13.0. The number of benzene rings is 2. The highest BCUT2D eigenvalue weighted by Crippen LogP contribution is 2.40. The van der Waals surface area contributed by atoms with Gasteiger partial charge in [-0.05, 0) is 29.3 Å². The highest BCUT2D eigenvalue weighted by atomic mass is 35.5. The Bertz CT molecular complexity index is 1120. The summed E-state index contributed by atoms with van der Waals surface area (Å²) in [4.78, 5) is 0.162. The minimum absolute atomic E-state index is 0.162. The summed E-state index contributed by atoms with van der Waals surface area (Å²) in [5.41, 5.74) is 1.76. The van der Waals surface area contributed by atoms with Gasteiger partial charge in [0, 0.05) is 17.8 Å². The van der Waals surface area contributed by atoms with Gasteiger partial charge in [0.1, 0.15) is 10.7 Å². The van der Waals surface area contributed by atoms with Crippen LogP contribution in [0, 0.1) is 11.3 Å². The summed E-state index contributed by atoms with van der Waals surface area (Å²) in [5.74, 6) is 0.505. The number of nitriles is 1. The molecule has 0 saturated carbocycles. The van der Waals surface area contributed by atoms with Crippen molar-refractivity contribution in [2.24, 2.45) is 0 Å². The van der Waals surface area contributed by atoms with Gasteiger partial charge in [-0.2, -0.15) is 5.26 Å². The molecule has 4 rings (SSSR count). The van der Waals surface area contributed by atoms with Crippen LogP contribution in [0.2, 0.25) is 5.02 Å². The lowest BCUT2D eigenvalue weighted by molar-refractivity contribution is 0.574. The number of anilines is 1. The molecule has 2 heterocycles. The maximum atomic E-state index is 13.0. The summed E-state index contributed by atoms with van der Waals surface area (Å²) in [7, 11) is -3.79. The molecule has 0 spiro atoms. The Morgan fingerprint density at radius 1 is 1.07 bits per heavy atom. The van der Waals surface area contributed by atoms with Crippen LogP contribution in [0.4, 0.5) is 5.82 Å². The Kier molecular flexibility index (Phi) is 4.42. The number of nitrogens with zero attached hydrogens (tertiary/aromatic N) is 2. The van der Waals surface area contributed by atoms with Crippen LogP contribution in [0.25, 0.3) is 0 Å². The number of halogens is 1. The smallest absolute Gasteiger partial charge is 0.200 e. The molecule has 5 nitrogen and oxygen atoms in total. The number of fused-ring (bicyclic) bond motifs is 1. The molecule has 1 aliphatic heterocycles. The third-order valence-electron chi connectivity index (χ3n) is 4.71. The molecular weight excluding hydrogens is 382 g/mol. The average Bonchev–Trinajstić information content (AvgIpc) is 3.06. The molecule has 1 aromatic heterocycles. The normalized spacial score (nSPS) is 20.3. The van der Waals surface area contributed by atoms with E-state index in [1.807, 2.05) is 41.0 Å². The van der Waals surface area contributed by atoms with E-state index in [-0.39, 0.29) is 4.90 Å². The van der Waals surface area contributed by atoms with E-state index in [0.29, 0.717) is 22.9 Å². The second-order valence-electron chi connectivity index (χ2n) is 6.41. The van der Waals surface area contributed by atoms with E-state index >= 15 is 0 Å². The van der Waals surface area contributed by atoms with Crippen LogP contribution < -0.4 is 5.32 Å².